The summed E-state index contributed by atoms with van der Waals surface area (Å²) in [5.74, 6) is 0.427. The van der Waals surface area contributed by atoms with Crippen molar-refractivity contribution in [1.29, 1.82) is 0 Å². The third kappa shape index (κ3) is 4.40. The van der Waals surface area contributed by atoms with Crippen LogP contribution in [0.25, 0.3) is 0 Å². The first-order valence-corrected chi connectivity index (χ1v) is 5.65. The second-order valence-electron chi connectivity index (χ2n) is 4.11. The van der Waals surface area contributed by atoms with Crippen LogP contribution >= 0.6 is 0 Å². The first kappa shape index (κ1) is 13.4. The fourth-order valence-electron chi connectivity index (χ4n) is 1.26. The molecule has 0 radical (unpaired) electrons. The van der Waals surface area contributed by atoms with Crippen molar-refractivity contribution >= 4 is 5.91 Å². The van der Waals surface area contributed by atoms with E-state index in [9.17, 15) is 4.79 Å². The Morgan fingerprint density at radius 2 is 2.18 bits per heavy atom. The van der Waals surface area contributed by atoms with E-state index in [4.69, 9.17) is 10.5 Å². The highest BCUT2D eigenvalue weighted by molar-refractivity contribution is 5.80. The van der Waals surface area contributed by atoms with Gasteiger partial charge in [0.05, 0.1) is 11.9 Å². The first-order chi connectivity index (χ1) is 8.02. The summed E-state index contributed by atoms with van der Waals surface area (Å²) in [5, 5.41) is 2.78. The van der Waals surface area contributed by atoms with Gasteiger partial charge in [0, 0.05) is 12.6 Å². The van der Waals surface area contributed by atoms with Crippen LogP contribution in [0.5, 0.6) is 5.75 Å². The normalized spacial score (nSPS) is 12.3. The Hall–Kier alpha value is -1.62. The maximum atomic E-state index is 11.6. The lowest BCUT2D eigenvalue weighted by atomic mass is 10.3. The van der Waals surface area contributed by atoms with Crippen molar-refractivity contribution in [2.24, 2.45) is 5.73 Å². The summed E-state index contributed by atoms with van der Waals surface area (Å²) in [6.07, 6.45) is 1.03. The van der Waals surface area contributed by atoms with Crippen LogP contribution in [0.3, 0.4) is 0 Å². The molecular formula is C12H19N3O2. The molecule has 5 heteroatoms. The number of hydrogen-bond acceptors (Lipinski definition) is 4. The molecule has 0 aliphatic rings. The zero-order valence-electron chi connectivity index (χ0n) is 10.4. The number of ether oxygens (including phenoxy) is 1. The highest BCUT2D eigenvalue weighted by Crippen LogP contribution is 2.11. The molecule has 1 rings (SSSR count). The molecule has 0 aliphatic carbocycles. The molecule has 1 aromatic rings. The highest BCUT2D eigenvalue weighted by Gasteiger charge is 2.15. The first-order valence-electron chi connectivity index (χ1n) is 5.65. The number of carbonyl (C=O) groups is 1. The number of nitrogens with two attached hydrogens (primary N) is 1. The van der Waals surface area contributed by atoms with Crippen molar-refractivity contribution in [1.82, 2.24) is 10.3 Å². The summed E-state index contributed by atoms with van der Waals surface area (Å²) >= 11 is 0. The van der Waals surface area contributed by atoms with Gasteiger partial charge in [0.2, 0.25) is 0 Å². The molecule has 0 saturated heterocycles. The van der Waals surface area contributed by atoms with Crippen LogP contribution in [0.15, 0.2) is 18.3 Å². The van der Waals surface area contributed by atoms with E-state index in [-0.39, 0.29) is 11.9 Å². The minimum atomic E-state index is -0.539. The Bertz CT molecular complexity index is 363. The lowest BCUT2D eigenvalue weighted by molar-refractivity contribution is -0.127. The number of nitrogens with one attached hydrogen (secondary N) is 1. The number of pyridine rings is 1. The number of rotatable bonds is 5. The Labute approximate surface area is 101 Å². The van der Waals surface area contributed by atoms with Crippen LogP contribution in [-0.2, 0) is 11.3 Å². The molecule has 0 fully saturated rings. The molecule has 17 heavy (non-hydrogen) atoms. The lowest BCUT2D eigenvalue weighted by Crippen LogP contribution is -2.40. The van der Waals surface area contributed by atoms with Gasteiger partial charge >= 0.3 is 0 Å². The van der Waals surface area contributed by atoms with Crippen molar-refractivity contribution in [2.75, 3.05) is 0 Å². The summed E-state index contributed by atoms with van der Waals surface area (Å²) in [7, 11) is 0. The smallest absolute Gasteiger partial charge is 0.260 e. The predicted molar refractivity (Wildman–Crippen MR) is 65.5 cm³/mol. The topological polar surface area (TPSA) is 77.2 Å². The maximum Gasteiger partial charge on any atom is 0.260 e. The van der Waals surface area contributed by atoms with Gasteiger partial charge in [0.25, 0.3) is 5.91 Å². The van der Waals surface area contributed by atoms with Gasteiger partial charge in [-0.2, -0.15) is 0 Å². The van der Waals surface area contributed by atoms with Crippen LogP contribution < -0.4 is 15.8 Å². The third-order valence-electron chi connectivity index (χ3n) is 2.12. The van der Waals surface area contributed by atoms with Crippen LogP contribution in [0.4, 0.5) is 0 Å². The summed E-state index contributed by atoms with van der Waals surface area (Å²) in [6, 6.07) is 3.64. The Morgan fingerprint density at radius 1 is 1.47 bits per heavy atom. The molecule has 0 aromatic carbocycles. The molecule has 1 heterocycles. The van der Waals surface area contributed by atoms with Crippen LogP contribution in [0.2, 0.25) is 0 Å². The van der Waals surface area contributed by atoms with E-state index in [0.29, 0.717) is 12.3 Å². The molecular weight excluding hydrogens is 218 g/mol. The molecule has 1 atom stereocenters. The standard InChI is InChI=1S/C12H19N3O2/c1-8(2)15-12(16)9(3)17-11-5-4-10(6-13)14-7-11/h4-5,7-9H,6,13H2,1-3H3,(H,15,16). The van der Waals surface area contributed by atoms with Crippen molar-refractivity contribution in [3.05, 3.63) is 24.0 Å². The SMILES string of the molecule is CC(C)NC(=O)C(C)Oc1ccc(CN)nc1. The minimum Gasteiger partial charge on any atom is -0.479 e. The summed E-state index contributed by atoms with van der Waals surface area (Å²) in [5.41, 5.74) is 6.23. The third-order valence-corrected chi connectivity index (χ3v) is 2.12. The zero-order chi connectivity index (χ0) is 12.8. The molecule has 94 valence electrons. The molecule has 0 aliphatic heterocycles. The van der Waals surface area contributed by atoms with Gasteiger partial charge < -0.3 is 15.8 Å². The van der Waals surface area contributed by atoms with E-state index >= 15 is 0 Å². The Kier molecular flexibility index (Phi) is 4.90. The average Bonchev–Trinajstić information content (AvgIpc) is 2.29. The molecule has 0 bridgehead atoms. The molecule has 0 saturated carbocycles. The van der Waals surface area contributed by atoms with Gasteiger partial charge in [-0.1, -0.05) is 0 Å². The lowest BCUT2D eigenvalue weighted by Gasteiger charge is -2.16. The van der Waals surface area contributed by atoms with Gasteiger partial charge in [-0.05, 0) is 32.9 Å². The number of amides is 1. The fraction of sp³-hybridized carbons (Fsp3) is 0.500. The number of aromatic nitrogens is 1. The van der Waals surface area contributed by atoms with Gasteiger partial charge in [-0.15, -0.1) is 0 Å². The molecule has 1 amide bonds. The maximum absolute atomic E-state index is 11.6. The average molecular weight is 237 g/mol. The summed E-state index contributed by atoms with van der Waals surface area (Å²) < 4.78 is 5.46. The van der Waals surface area contributed by atoms with Gasteiger partial charge in [-0.3, -0.25) is 9.78 Å². The monoisotopic (exact) mass is 237 g/mol. The van der Waals surface area contributed by atoms with Crippen LogP contribution in [-0.4, -0.2) is 23.0 Å². The molecule has 3 N–H and O–H groups in total. The van der Waals surface area contributed by atoms with Crippen molar-refractivity contribution < 1.29 is 9.53 Å². The minimum absolute atomic E-state index is 0.103. The largest absolute Gasteiger partial charge is 0.479 e. The molecule has 1 unspecified atom stereocenters. The molecule has 5 nitrogen and oxygen atoms in total. The van der Waals surface area contributed by atoms with Crippen molar-refractivity contribution in [3.63, 3.8) is 0 Å². The zero-order valence-corrected chi connectivity index (χ0v) is 10.4. The van der Waals surface area contributed by atoms with E-state index in [2.05, 4.69) is 10.3 Å². The van der Waals surface area contributed by atoms with E-state index in [1.54, 1.807) is 25.3 Å². The summed E-state index contributed by atoms with van der Waals surface area (Å²) in [4.78, 5) is 15.7. The Balaban J connectivity index is 2.55. The van der Waals surface area contributed by atoms with Crippen molar-refractivity contribution in [2.45, 2.75) is 39.5 Å². The second-order valence-corrected chi connectivity index (χ2v) is 4.11. The van der Waals surface area contributed by atoms with Crippen molar-refractivity contribution in [3.8, 4) is 5.75 Å². The van der Waals surface area contributed by atoms with Crippen LogP contribution in [0, 0.1) is 0 Å². The van der Waals surface area contributed by atoms with Gasteiger partial charge in [-0.25, -0.2) is 0 Å². The number of carbonyl (C=O) groups excluding carboxylic acids is 1. The molecule has 1 aromatic heterocycles. The number of hydrogen-bond donors (Lipinski definition) is 2. The highest BCUT2D eigenvalue weighted by atomic mass is 16.5. The Morgan fingerprint density at radius 3 is 2.65 bits per heavy atom. The van der Waals surface area contributed by atoms with E-state index in [1.165, 1.54) is 0 Å². The number of nitrogens with zero attached hydrogens (tertiary/aromatic N) is 1. The quantitative estimate of drug-likeness (QED) is 0.795. The second kappa shape index (κ2) is 6.20. The van der Waals surface area contributed by atoms with Gasteiger partial charge in [0.1, 0.15) is 5.75 Å². The van der Waals surface area contributed by atoms with Crippen LogP contribution in [0.1, 0.15) is 26.5 Å². The van der Waals surface area contributed by atoms with Gasteiger partial charge in [0.15, 0.2) is 6.10 Å². The van der Waals surface area contributed by atoms with E-state index < -0.39 is 6.10 Å². The fourth-order valence-corrected chi connectivity index (χ4v) is 1.26. The molecule has 0 spiro atoms. The predicted octanol–water partition coefficient (Wildman–Crippen LogP) is 0.832. The van der Waals surface area contributed by atoms with E-state index in [1.807, 2.05) is 13.8 Å². The van der Waals surface area contributed by atoms with E-state index in [0.717, 1.165) is 5.69 Å². The summed E-state index contributed by atoms with van der Waals surface area (Å²) in [6.45, 7) is 5.91.